The van der Waals surface area contributed by atoms with Crippen LogP contribution in [0.15, 0.2) is 24.5 Å². The molecule has 104 valence electrons. The van der Waals surface area contributed by atoms with E-state index in [1.54, 1.807) is 0 Å². The lowest BCUT2D eigenvalue weighted by atomic mass is 10.3. The normalized spacial score (nSPS) is 10.2. The Morgan fingerprint density at radius 1 is 1.30 bits per heavy atom. The molecule has 1 aromatic carbocycles. The summed E-state index contributed by atoms with van der Waals surface area (Å²) < 4.78 is 10.4. The average Bonchev–Trinajstić information content (AvgIpc) is 2.41. The van der Waals surface area contributed by atoms with Crippen LogP contribution in [0.25, 0.3) is 0 Å². The molecule has 0 bridgehead atoms. The third kappa shape index (κ3) is 2.89. The fourth-order valence-electron chi connectivity index (χ4n) is 1.41. The van der Waals surface area contributed by atoms with Crippen molar-refractivity contribution in [2.45, 2.75) is 0 Å². The molecule has 1 aromatic heterocycles. The highest BCUT2D eigenvalue weighted by Gasteiger charge is 2.20. The summed E-state index contributed by atoms with van der Waals surface area (Å²) in [5.74, 6) is 0.0174. The van der Waals surface area contributed by atoms with E-state index in [-0.39, 0.29) is 33.2 Å². The van der Waals surface area contributed by atoms with Gasteiger partial charge in [-0.1, -0.05) is 23.2 Å². The Labute approximate surface area is 123 Å². The molecule has 0 saturated heterocycles. The Kier molecular flexibility index (Phi) is 4.21. The fourth-order valence-corrected chi connectivity index (χ4v) is 1.77. The Hall–Kier alpha value is -2.12. The number of hydrogen-bond donors (Lipinski definition) is 0. The third-order valence-corrected chi connectivity index (χ3v) is 2.76. The van der Waals surface area contributed by atoms with Crippen molar-refractivity contribution in [2.75, 3.05) is 7.11 Å². The minimum atomic E-state index is -0.615. The highest BCUT2D eigenvalue weighted by Crippen LogP contribution is 2.38. The van der Waals surface area contributed by atoms with Crippen LogP contribution in [0.4, 0.5) is 5.69 Å². The van der Waals surface area contributed by atoms with Crippen LogP contribution in [0.5, 0.6) is 17.4 Å². The van der Waals surface area contributed by atoms with Gasteiger partial charge in [-0.2, -0.15) is 4.98 Å². The largest absolute Gasteiger partial charge is 0.489 e. The first-order chi connectivity index (χ1) is 9.52. The Morgan fingerprint density at radius 3 is 2.70 bits per heavy atom. The van der Waals surface area contributed by atoms with Crippen molar-refractivity contribution < 1.29 is 14.4 Å². The number of methoxy groups -OCH3 is 1. The number of benzene rings is 1. The van der Waals surface area contributed by atoms with E-state index in [1.807, 2.05) is 0 Å². The molecule has 0 spiro atoms. The van der Waals surface area contributed by atoms with E-state index in [2.05, 4.69) is 9.97 Å². The van der Waals surface area contributed by atoms with Crippen LogP contribution in [-0.4, -0.2) is 22.0 Å². The van der Waals surface area contributed by atoms with Gasteiger partial charge in [0.15, 0.2) is 5.15 Å². The zero-order valence-electron chi connectivity index (χ0n) is 10.0. The molecule has 2 rings (SSSR count). The maximum absolute atomic E-state index is 11.0. The van der Waals surface area contributed by atoms with Crippen LogP contribution in [-0.2, 0) is 0 Å². The molecule has 0 N–H and O–H groups in total. The lowest BCUT2D eigenvalue weighted by molar-refractivity contribution is -0.385. The summed E-state index contributed by atoms with van der Waals surface area (Å²) in [4.78, 5) is 17.9. The first-order valence-electron chi connectivity index (χ1n) is 5.19. The van der Waals surface area contributed by atoms with Gasteiger partial charge in [0, 0.05) is 11.1 Å². The summed E-state index contributed by atoms with van der Waals surface area (Å²) in [5, 5.41) is 11.2. The van der Waals surface area contributed by atoms with Crippen LogP contribution in [0.2, 0.25) is 10.2 Å². The molecule has 2 aromatic rings. The summed E-state index contributed by atoms with van der Waals surface area (Å²) in [6, 6.07) is 3.99. The minimum Gasteiger partial charge on any atom is -0.489 e. The topological polar surface area (TPSA) is 87.4 Å². The van der Waals surface area contributed by atoms with Gasteiger partial charge in [-0.15, -0.1) is 0 Å². The SMILES string of the molecule is COc1c(Cl)ncnc1Oc1ccc(Cl)cc1[N+](=O)[O-]. The van der Waals surface area contributed by atoms with E-state index in [4.69, 9.17) is 32.7 Å². The minimum absolute atomic E-state index is 0.0297. The molecular weight excluding hydrogens is 309 g/mol. The van der Waals surface area contributed by atoms with Crippen LogP contribution < -0.4 is 9.47 Å². The number of nitro groups is 1. The standard InChI is InChI=1S/C11H7Cl2N3O4/c1-19-9-10(13)14-5-15-11(9)20-8-3-2-6(12)4-7(8)16(17)18/h2-5H,1H3. The molecule has 0 aliphatic rings. The lowest BCUT2D eigenvalue weighted by Crippen LogP contribution is -1.98. The van der Waals surface area contributed by atoms with Crippen molar-refractivity contribution in [2.24, 2.45) is 0 Å². The first kappa shape index (κ1) is 14.3. The van der Waals surface area contributed by atoms with Gasteiger partial charge in [-0.25, -0.2) is 4.98 Å². The average molecular weight is 316 g/mol. The molecule has 0 atom stereocenters. The number of rotatable bonds is 4. The molecule has 0 aliphatic carbocycles. The molecule has 0 saturated carbocycles. The van der Waals surface area contributed by atoms with E-state index in [0.717, 1.165) is 6.33 Å². The first-order valence-corrected chi connectivity index (χ1v) is 5.94. The molecule has 0 fully saturated rings. The van der Waals surface area contributed by atoms with E-state index < -0.39 is 4.92 Å². The zero-order chi connectivity index (χ0) is 14.7. The number of halogens is 2. The van der Waals surface area contributed by atoms with Gasteiger partial charge < -0.3 is 9.47 Å². The molecule has 7 nitrogen and oxygen atoms in total. The van der Waals surface area contributed by atoms with Gasteiger partial charge in [0.1, 0.15) is 6.33 Å². The van der Waals surface area contributed by atoms with Crippen molar-refractivity contribution in [1.29, 1.82) is 0 Å². The van der Waals surface area contributed by atoms with Crippen molar-refractivity contribution in [3.05, 3.63) is 44.8 Å². The summed E-state index contributed by atoms with van der Waals surface area (Å²) >= 11 is 11.5. The van der Waals surface area contributed by atoms with Crippen LogP contribution in [0.1, 0.15) is 0 Å². The molecule has 0 aliphatic heterocycles. The van der Waals surface area contributed by atoms with Gasteiger partial charge >= 0.3 is 5.69 Å². The molecule has 9 heteroatoms. The van der Waals surface area contributed by atoms with Gasteiger partial charge in [-0.05, 0) is 12.1 Å². The van der Waals surface area contributed by atoms with Crippen molar-refractivity contribution in [3.8, 4) is 17.4 Å². The summed E-state index contributed by atoms with van der Waals surface area (Å²) in [6.45, 7) is 0. The monoisotopic (exact) mass is 315 g/mol. The van der Waals surface area contributed by atoms with Crippen LogP contribution >= 0.6 is 23.2 Å². The highest BCUT2D eigenvalue weighted by atomic mass is 35.5. The lowest BCUT2D eigenvalue weighted by Gasteiger charge is -2.09. The van der Waals surface area contributed by atoms with Crippen LogP contribution in [0, 0.1) is 10.1 Å². The molecule has 0 unspecified atom stereocenters. The Bertz CT molecular complexity index is 666. The molecule has 20 heavy (non-hydrogen) atoms. The van der Waals surface area contributed by atoms with Crippen molar-refractivity contribution in [3.63, 3.8) is 0 Å². The van der Waals surface area contributed by atoms with Gasteiger partial charge in [-0.3, -0.25) is 10.1 Å². The number of ether oxygens (including phenoxy) is 2. The van der Waals surface area contributed by atoms with Crippen molar-refractivity contribution >= 4 is 28.9 Å². The second-order valence-corrected chi connectivity index (χ2v) is 4.27. The second-order valence-electron chi connectivity index (χ2n) is 3.47. The Morgan fingerprint density at radius 2 is 2.05 bits per heavy atom. The molecular formula is C11H7Cl2N3O4. The van der Waals surface area contributed by atoms with E-state index in [9.17, 15) is 10.1 Å². The van der Waals surface area contributed by atoms with Gasteiger partial charge in [0.25, 0.3) is 5.88 Å². The predicted octanol–water partition coefficient (Wildman–Crippen LogP) is 3.49. The van der Waals surface area contributed by atoms with Crippen molar-refractivity contribution in [1.82, 2.24) is 9.97 Å². The number of aromatic nitrogens is 2. The summed E-state index contributed by atoms with van der Waals surface area (Å²) in [7, 11) is 1.35. The van der Waals surface area contributed by atoms with Gasteiger partial charge in [0.05, 0.1) is 12.0 Å². The van der Waals surface area contributed by atoms with E-state index >= 15 is 0 Å². The Balaban J connectivity index is 2.45. The van der Waals surface area contributed by atoms with E-state index in [0.29, 0.717) is 0 Å². The quantitative estimate of drug-likeness (QED) is 0.487. The smallest absolute Gasteiger partial charge is 0.313 e. The second kappa shape index (κ2) is 5.89. The molecule has 0 amide bonds. The highest BCUT2D eigenvalue weighted by molar-refractivity contribution is 6.31. The van der Waals surface area contributed by atoms with Gasteiger partial charge in [0.2, 0.25) is 11.5 Å². The summed E-state index contributed by atoms with van der Waals surface area (Å²) in [6.07, 6.45) is 1.15. The number of hydrogen-bond acceptors (Lipinski definition) is 6. The molecule has 0 radical (unpaired) electrons. The maximum atomic E-state index is 11.0. The fraction of sp³-hybridized carbons (Fsp3) is 0.0909. The van der Waals surface area contributed by atoms with Crippen LogP contribution in [0.3, 0.4) is 0 Å². The number of nitro benzene ring substituents is 1. The predicted molar refractivity (Wildman–Crippen MR) is 71.8 cm³/mol. The number of nitrogens with zero attached hydrogens (tertiary/aromatic N) is 3. The third-order valence-electron chi connectivity index (χ3n) is 2.26. The molecule has 1 heterocycles. The maximum Gasteiger partial charge on any atom is 0.313 e. The van der Waals surface area contributed by atoms with E-state index in [1.165, 1.54) is 25.3 Å². The zero-order valence-corrected chi connectivity index (χ0v) is 11.6. The summed E-state index contributed by atoms with van der Waals surface area (Å²) in [5.41, 5.74) is -0.297.